The van der Waals surface area contributed by atoms with Crippen LogP contribution in [0, 0.1) is 10.1 Å². The third kappa shape index (κ3) is 4.72. The lowest BCUT2D eigenvalue weighted by Gasteiger charge is -2.35. The molecule has 1 aromatic carbocycles. The van der Waals surface area contributed by atoms with Gasteiger partial charge in [0.05, 0.1) is 4.92 Å². The smallest absolute Gasteiger partial charge is 0.319 e. The van der Waals surface area contributed by atoms with E-state index in [1.54, 1.807) is 23.9 Å². The molecule has 1 aromatic rings. The number of hydrogen-bond donors (Lipinski definition) is 0. The monoisotopic (exact) mass is 370 g/mol. The normalized spacial score (nSPS) is 14.2. The first kappa shape index (κ1) is 18.8. The second kappa shape index (κ2) is 8.02. The average Bonchev–Trinajstić information content (AvgIpc) is 2.58. The van der Waals surface area contributed by atoms with Crippen LogP contribution in [0.15, 0.2) is 18.2 Å². The highest BCUT2D eigenvalue weighted by atomic mass is 35.5. The van der Waals surface area contributed by atoms with Gasteiger partial charge in [0.2, 0.25) is 0 Å². The molecule has 1 fully saturated rings. The van der Waals surface area contributed by atoms with E-state index >= 15 is 0 Å². The molecular weight excluding hydrogens is 352 g/mol. The molecule has 0 spiro atoms. The van der Waals surface area contributed by atoms with Crippen molar-refractivity contribution in [2.45, 2.75) is 0 Å². The largest absolute Gasteiger partial charge is 0.484 e. The SMILES string of the molecule is CN(C)C(=O)N1CCN(C(=O)COc2ccc([N+](=O)[O-])c(Cl)c2)CC1. The molecule has 2 rings (SSSR count). The topological polar surface area (TPSA) is 96.2 Å². The Morgan fingerprint density at radius 1 is 1.24 bits per heavy atom. The Hall–Kier alpha value is -2.55. The van der Waals surface area contributed by atoms with Crippen molar-refractivity contribution >= 4 is 29.2 Å². The van der Waals surface area contributed by atoms with Gasteiger partial charge in [0, 0.05) is 52.4 Å². The maximum absolute atomic E-state index is 12.2. The van der Waals surface area contributed by atoms with Gasteiger partial charge in [-0.05, 0) is 6.07 Å². The standard InChI is InChI=1S/C15H19ClN4O5/c1-17(2)15(22)19-7-5-18(6-8-19)14(21)10-25-11-3-4-13(20(23)24)12(16)9-11/h3-4,9H,5-8,10H2,1-2H3. The molecule has 1 aliphatic rings. The van der Waals surface area contributed by atoms with Gasteiger partial charge in [0.25, 0.3) is 11.6 Å². The van der Waals surface area contributed by atoms with Crippen LogP contribution in [0.5, 0.6) is 5.75 Å². The van der Waals surface area contributed by atoms with Crippen LogP contribution < -0.4 is 4.74 Å². The molecule has 0 saturated carbocycles. The highest BCUT2D eigenvalue weighted by Gasteiger charge is 2.25. The van der Waals surface area contributed by atoms with Crippen LogP contribution in [-0.4, -0.2) is 78.4 Å². The molecule has 0 bridgehead atoms. The minimum atomic E-state index is -0.591. The molecule has 0 radical (unpaired) electrons. The van der Waals surface area contributed by atoms with Crippen molar-refractivity contribution in [3.8, 4) is 5.75 Å². The van der Waals surface area contributed by atoms with Crippen LogP contribution in [0.2, 0.25) is 5.02 Å². The lowest BCUT2D eigenvalue weighted by molar-refractivity contribution is -0.384. The number of ether oxygens (including phenoxy) is 1. The zero-order valence-corrected chi connectivity index (χ0v) is 14.7. The van der Waals surface area contributed by atoms with E-state index in [0.29, 0.717) is 26.2 Å². The fourth-order valence-electron chi connectivity index (χ4n) is 2.39. The van der Waals surface area contributed by atoms with Crippen molar-refractivity contribution < 1.29 is 19.2 Å². The first-order chi connectivity index (χ1) is 11.8. The van der Waals surface area contributed by atoms with Gasteiger partial charge in [-0.25, -0.2) is 4.79 Å². The average molecular weight is 371 g/mol. The van der Waals surface area contributed by atoms with Gasteiger partial charge in [0.1, 0.15) is 10.8 Å². The Morgan fingerprint density at radius 3 is 2.36 bits per heavy atom. The van der Waals surface area contributed by atoms with Crippen LogP contribution in [0.4, 0.5) is 10.5 Å². The predicted molar refractivity (Wildman–Crippen MR) is 90.8 cm³/mol. The van der Waals surface area contributed by atoms with E-state index in [0.717, 1.165) is 0 Å². The number of amides is 3. The first-order valence-electron chi connectivity index (χ1n) is 7.60. The van der Waals surface area contributed by atoms with Gasteiger partial charge in [-0.2, -0.15) is 0 Å². The molecule has 9 nitrogen and oxygen atoms in total. The summed E-state index contributed by atoms with van der Waals surface area (Å²) in [6.45, 7) is 1.60. The number of nitrogens with zero attached hydrogens (tertiary/aromatic N) is 4. The van der Waals surface area contributed by atoms with E-state index < -0.39 is 4.92 Å². The maximum atomic E-state index is 12.2. The van der Waals surface area contributed by atoms with Crippen molar-refractivity contribution in [2.24, 2.45) is 0 Å². The summed E-state index contributed by atoms with van der Waals surface area (Å²) in [7, 11) is 3.37. The van der Waals surface area contributed by atoms with Crippen LogP contribution in [0.3, 0.4) is 0 Å². The number of halogens is 1. The van der Waals surface area contributed by atoms with Gasteiger partial charge >= 0.3 is 6.03 Å². The fourth-order valence-corrected chi connectivity index (χ4v) is 2.63. The molecule has 0 unspecified atom stereocenters. The molecule has 10 heteroatoms. The Labute approximate surface area is 149 Å². The fraction of sp³-hybridized carbons (Fsp3) is 0.467. The Morgan fingerprint density at radius 2 is 1.84 bits per heavy atom. The highest BCUT2D eigenvalue weighted by molar-refractivity contribution is 6.32. The van der Waals surface area contributed by atoms with Crippen molar-refractivity contribution in [1.29, 1.82) is 0 Å². The number of carbonyl (C=O) groups excluding carboxylic acids is 2. The quantitative estimate of drug-likeness (QED) is 0.590. The zero-order chi connectivity index (χ0) is 18.6. The Kier molecular flexibility index (Phi) is 6.02. The minimum absolute atomic E-state index is 0.0502. The molecule has 3 amide bonds. The van der Waals surface area contributed by atoms with Crippen LogP contribution in [0.25, 0.3) is 0 Å². The number of benzene rings is 1. The maximum Gasteiger partial charge on any atom is 0.319 e. The van der Waals surface area contributed by atoms with E-state index in [4.69, 9.17) is 16.3 Å². The molecule has 1 aliphatic heterocycles. The van der Waals surface area contributed by atoms with Crippen molar-refractivity contribution in [3.63, 3.8) is 0 Å². The van der Waals surface area contributed by atoms with Crippen molar-refractivity contribution in [1.82, 2.24) is 14.7 Å². The molecule has 136 valence electrons. The summed E-state index contributed by atoms with van der Waals surface area (Å²) in [6.07, 6.45) is 0. The van der Waals surface area contributed by atoms with Crippen molar-refractivity contribution in [3.05, 3.63) is 33.3 Å². The van der Waals surface area contributed by atoms with Gasteiger partial charge in [-0.1, -0.05) is 11.6 Å². The van der Waals surface area contributed by atoms with Gasteiger partial charge in [-0.15, -0.1) is 0 Å². The molecule has 0 N–H and O–H groups in total. The summed E-state index contributed by atoms with van der Waals surface area (Å²) in [5.74, 6) is 0.0665. The minimum Gasteiger partial charge on any atom is -0.484 e. The Bertz CT molecular complexity index is 674. The van der Waals surface area contributed by atoms with E-state index in [1.165, 1.54) is 23.1 Å². The molecule has 0 aromatic heterocycles. The summed E-state index contributed by atoms with van der Waals surface area (Å²) in [5.41, 5.74) is -0.220. The van der Waals surface area contributed by atoms with Crippen molar-refractivity contribution in [2.75, 3.05) is 46.9 Å². The highest BCUT2D eigenvalue weighted by Crippen LogP contribution is 2.28. The molecule has 0 aliphatic carbocycles. The van der Waals surface area contributed by atoms with Gasteiger partial charge < -0.3 is 19.4 Å². The third-order valence-corrected chi connectivity index (χ3v) is 4.07. The Balaban J connectivity index is 1.84. The van der Waals surface area contributed by atoms with E-state index in [2.05, 4.69) is 0 Å². The number of piperazine rings is 1. The van der Waals surface area contributed by atoms with Crippen LogP contribution >= 0.6 is 11.6 Å². The second-order valence-corrected chi connectivity index (χ2v) is 6.11. The number of rotatable bonds is 4. The van der Waals surface area contributed by atoms with E-state index in [1.807, 2.05) is 0 Å². The van der Waals surface area contributed by atoms with E-state index in [9.17, 15) is 19.7 Å². The molecule has 1 saturated heterocycles. The van der Waals surface area contributed by atoms with Gasteiger partial charge in [0.15, 0.2) is 6.61 Å². The number of urea groups is 1. The second-order valence-electron chi connectivity index (χ2n) is 5.70. The van der Waals surface area contributed by atoms with E-state index in [-0.39, 0.29) is 35.0 Å². The zero-order valence-electron chi connectivity index (χ0n) is 14.0. The number of hydrogen-bond acceptors (Lipinski definition) is 5. The summed E-state index contributed by atoms with van der Waals surface area (Å²) in [5, 5.41) is 10.7. The molecule has 25 heavy (non-hydrogen) atoms. The number of carbonyl (C=O) groups is 2. The number of nitro groups is 1. The first-order valence-corrected chi connectivity index (χ1v) is 7.98. The predicted octanol–water partition coefficient (Wildman–Crippen LogP) is 1.45. The molecule has 0 atom stereocenters. The summed E-state index contributed by atoms with van der Waals surface area (Å²) >= 11 is 5.80. The van der Waals surface area contributed by atoms with Crippen LogP contribution in [0.1, 0.15) is 0 Å². The third-order valence-electron chi connectivity index (χ3n) is 3.76. The summed E-state index contributed by atoms with van der Waals surface area (Å²) < 4.78 is 5.36. The lowest BCUT2D eigenvalue weighted by Crippen LogP contribution is -2.53. The van der Waals surface area contributed by atoms with Crippen LogP contribution in [-0.2, 0) is 4.79 Å². The lowest BCUT2D eigenvalue weighted by atomic mass is 10.3. The molecular formula is C15H19ClN4O5. The summed E-state index contributed by atoms with van der Waals surface area (Å²) in [4.78, 5) is 39.0. The molecule has 1 heterocycles. The number of nitro benzene ring substituents is 1. The summed E-state index contributed by atoms with van der Waals surface area (Å²) in [6, 6.07) is 3.85. The van der Waals surface area contributed by atoms with Gasteiger partial charge in [-0.3, -0.25) is 14.9 Å².